The summed E-state index contributed by atoms with van der Waals surface area (Å²) in [5.41, 5.74) is 1.30. The third-order valence-electron chi connectivity index (χ3n) is 4.21. The van der Waals surface area contributed by atoms with Crippen molar-refractivity contribution in [1.82, 2.24) is 4.98 Å². The second kappa shape index (κ2) is 7.39. The normalized spacial score (nSPS) is 14.3. The number of esters is 1. The van der Waals surface area contributed by atoms with Gasteiger partial charge in [0.05, 0.1) is 25.7 Å². The summed E-state index contributed by atoms with van der Waals surface area (Å²) in [6.45, 7) is 1.99. The molecule has 26 heavy (non-hydrogen) atoms. The van der Waals surface area contributed by atoms with Crippen molar-refractivity contribution in [3.05, 3.63) is 56.0 Å². The standard InChI is InChI=1S/C18H18ClNO6/c1-9-3-14(21)16(18(23)20-9)12(6-15(22)24-2)13-5-11(19)4-10-7-25-8-26-17(10)13/h3-5,12H,6-8H2,1-2H3,(H2,20,21,23). The molecule has 1 aliphatic rings. The van der Waals surface area contributed by atoms with Gasteiger partial charge in [-0.1, -0.05) is 11.6 Å². The monoisotopic (exact) mass is 379 g/mol. The maximum atomic E-state index is 12.5. The summed E-state index contributed by atoms with van der Waals surface area (Å²) in [6.07, 6.45) is -0.160. The summed E-state index contributed by atoms with van der Waals surface area (Å²) in [5, 5.41) is 10.8. The lowest BCUT2D eigenvalue weighted by Gasteiger charge is -2.25. The summed E-state index contributed by atoms with van der Waals surface area (Å²) < 4.78 is 15.6. The number of methoxy groups -OCH3 is 1. The van der Waals surface area contributed by atoms with Gasteiger partial charge < -0.3 is 24.3 Å². The van der Waals surface area contributed by atoms with Gasteiger partial charge in [0, 0.05) is 27.8 Å². The first-order valence-electron chi connectivity index (χ1n) is 7.93. The Bertz CT molecular complexity index is 907. The highest BCUT2D eigenvalue weighted by atomic mass is 35.5. The van der Waals surface area contributed by atoms with Gasteiger partial charge in [-0.3, -0.25) is 9.59 Å². The average Bonchev–Trinajstić information content (AvgIpc) is 2.59. The Morgan fingerprint density at radius 1 is 1.42 bits per heavy atom. The summed E-state index contributed by atoms with van der Waals surface area (Å²) in [7, 11) is 1.26. The van der Waals surface area contributed by atoms with E-state index in [0.29, 0.717) is 34.2 Å². The maximum Gasteiger partial charge on any atom is 0.306 e. The molecule has 0 saturated carbocycles. The van der Waals surface area contributed by atoms with E-state index in [1.54, 1.807) is 19.1 Å². The number of aromatic nitrogens is 1. The van der Waals surface area contributed by atoms with Crippen LogP contribution in [0.3, 0.4) is 0 Å². The highest BCUT2D eigenvalue weighted by molar-refractivity contribution is 6.30. The van der Waals surface area contributed by atoms with Gasteiger partial charge in [0.25, 0.3) is 5.56 Å². The molecule has 0 radical (unpaired) electrons. The zero-order chi connectivity index (χ0) is 18.8. The number of hydrogen-bond donors (Lipinski definition) is 2. The molecule has 138 valence electrons. The van der Waals surface area contributed by atoms with Crippen molar-refractivity contribution in [3.8, 4) is 11.5 Å². The molecule has 0 bridgehead atoms. The number of aromatic hydroxyl groups is 1. The van der Waals surface area contributed by atoms with Crippen molar-refractivity contribution in [3.63, 3.8) is 0 Å². The predicted molar refractivity (Wildman–Crippen MR) is 93.7 cm³/mol. The molecule has 0 fully saturated rings. The molecule has 0 spiro atoms. The van der Waals surface area contributed by atoms with E-state index in [2.05, 4.69) is 4.98 Å². The van der Waals surface area contributed by atoms with Crippen molar-refractivity contribution in [2.75, 3.05) is 13.9 Å². The second-order valence-corrected chi connectivity index (χ2v) is 6.44. The minimum absolute atomic E-state index is 0.0445. The van der Waals surface area contributed by atoms with E-state index in [4.69, 9.17) is 25.8 Å². The van der Waals surface area contributed by atoms with Gasteiger partial charge in [-0.25, -0.2) is 0 Å². The molecular weight excluding hydrogens is 362 g/mol. The van der Waals surface area contributed by atoms with Crippen LogP contribution in [0.15, 0.2) is 23.0 Å². The third kappa shape index (κ3) is 3.54. The number of halogens is 1. The molecule has 0 amide bonds. The summed E-state index contributed by atoms with van der Waals surface area (Å²) in [5.74, 6) is -1.04. The molecule has 3 rings (SSSR count). The van der Waals surface area contributed by atoms with E-state index in [-0.39, 0.29) is 24.5 Å². The Morgan fingerprint density at radius 2 is 2.19 bits per heavy atom. The van der Waals surface area contributed by atoms with Crippen LogP contribution < -0.4 is 10.3 Å². The van der Waals surface area contributed by atoms with Gasteiger partial charge in [-0.2, -0.15) is 0 Å². The quantitative estimate of drug-likeness (QED) is 0.792. The minimum Gasteiger partial charge on any atom is -0.507 e. The highest BCUT2D eigenvalue weighted by Crippen LogP contribution is 2.41. The summed E-state index contributed by atoms with van der Waals surface area (Å²) >= 11 is 6.21. The zero-order valence-corrected chi connectivity index (χ0v) is 15.1. The number of carbonyl (C=O) groups is 1. The summed E-state index contributed by atoms with van der Waals surface area (Å²) in [4.78, 5) is 27.2. The first-order chi connectivity index (χ1) is 12.4. The van der Waals surface area contributed by atoms with Gasteiger partial charge in [-0.15, -0.1) is 0 Å². The Morgan fingerprint density at radius 3 is 2.88 bits per heavy atom. The first kappa shape index (κ1) is 18.3. The molecule has 1 unspecified atom stereocenters. The molecule has 1 aromatic carbocycles. The van der Waals surface area contributed by atoms with Gasteiger partial charge in [-0.05, 0) is 25.1 Å². The number of carbonyl (C=O) groups excluding carboxylic acids is 1. The van der Waals surface area contributed by atoms with Crippen molar-refractivity contribution >= 4 is 17.6 Å². The largest absolute Gasteiger partial charge is 0.507 e. The molecule has 7 nitrogen and oxygen atoms in total. The Labute approximate surface area is 154 Å². The smallest absolute Gasteiger partial charge is 0.306 e. The van der Waals surface area contributed by atoms with Crippen LogP contribution in [0.5, 0.6) is 11.5 Å². The van der Waals surface area contributed by atoms with Crippen molar-refractivity contribution in [1.29, 1.82) is 0 Å². The minimum atomic E-state index is -0.794. The van der Waals surface area contributed by atoms with Crippen LogP contribution in [0.2, 0.25) is 5.02 Å². The molecular formula is C18H18ClNO6. The Kier molecular flexibility index (Phi) is 5.20. The number of pyridine rings is 1. The number of aromatic amines is 1. The molecule has 1 atom stereocenters. The van der Waals surface area contributed by atoms with E-state index in [0.717, 1.165) is 0 Å². The fourth-order valence-corrected chi connectivity index (χ4v) is 3.35. The predicted octanol–water partition coefficient (Wildman–Crippen LogP) is 2.60. The number of benzene rings is 1. The fourth-order valence-electron chi connectivity index (χ4n) is 3.10. The molecule has 0 saturated heterocycles. The number of nitrogens with one attached hydrogen (secondary N) is 1. The van der Waals surface area contributed by atoms with E-state index in [9.17, 15) is 14.7 Å². The van der Waals surface area contributed by atoms with Crippen LogP contribution >= 0.6 is 11.6 Å². The van der Waals surface area contributed by atoms with Crippen molar-refractivity contribution < 1.29 is 24.1 Å². The molecule has 2 heterocycles. The van der Waals surface area contributed by atoms with E-state index >= 15 is 0 Å². The van der Waals surface area contributed by atoms with Crippen LogP contribution in [0.25, 0.3) is 0 Å². The lowest BCUT2D eigenvalue weighted by atomic mass is 9.86. The molecule has 0 aliphatic carbocycles. The van der Waals surface area contributed by atoms with Gasteiger partial charge >= 0.3 is 5.97 Å². The van der Waals surface area contributed by atoms with Crippen LogP contribution in [0.1, 0.15) is 34.7 Å². The number of H-pyrrole nitrogens is 1. The molecule has 1 aliphatic heterocycles. The van der Waals surface area contributed by atoms with Crippen LogP contribution in [-0.4, -0.2) is 30.0 Å². The lowest BCUT2D eigenvalue weighted by Crippen LogP contribution is -2.22. The summed E-state index contributed by atoms with van der Waals surface area (Å²) in [6, 6.07) is 4.76. The van der Waals surface area contributed by atoms with E-state index in [1.165, 1.54) is 13.2 Å². The van der Waals surface area contributed by atoms with Crippen LogP contribution in [0.4, 0.5) is 0 Å². The SMILES string of the molecule is COC(=O)CC(c1cc(Cl)cc2c1OCOC2)c1c(O)cc(C)[nH]c1=O. The number of aryl methyl sites for hydroxylation is 1. The molecule has 8 heteroatoms. The Balaban J connectivity index is 2.22. The lowest BCUT2D eigenvalue weighted by molar-refractivity contribution is -0.140. The van der Waals surface area contributed by atoms with E-state index < -0.39 is 17.4 Å². The van der Waals surface area contributed by atoms with Crippen LogP contribution in [-0.2, 0) is 20.9 Å². The highest BCUT2D eigenvalue weighted by Gasteiger charge is 2.30. The topological polar surface area (TPSA) is 97.8 Å². The van der Waals surface area contributed by atoms with Gasteiger partial charge in [0.15, 0.2) is 6.79 Å². The molecule has 2 aromatic rings. The molecule has 2 N–H and O–H groups in total. The van der Waals surface area contributed by atoms with Gasteiger partial charge in [0.2, 0.25) is 0 Å². The van der Waals surface area contributed by atoms with Crippen LogP contribution in [0, 0.1) is 6.92 Å². The van der Waals surface area contributed by atoms with Gasteiger partial charge in [0.1, 0.15) is 11.5 Å². The average molecular weight is 380 g/mol. The van der Waals surface area contributed by atoms with Crippen molar-refractivity contribution in [2.24, 2.45) is 0 Å². The van der Waals surface area contributed by atoms with E-state index in [1.807, 2.05) is 0 Å². The third-order valence-corrected chi connectivity index (χ3v) is 4.43. The number of rotatable bonds is 4. The number of hydrogen-bond acceptors (Lipinski definition) is 6. The maximum absolute atomic E-state index is 12.5. The second-order valence-electron chi connectivity index (χ2n) is 6.01. The van der Waals surface area contributed by atoms with Crippen molar-refractivity contribution in [2.45, 2.75) is 25.9 Å². The number of ether oxygens (including phenoxy) is 3. The number of fused-ring (bicyclic) bond motifs is 1. The Hall–Kier alpha value is -2.51. The fraction of sp³-hybridized carbons (Fsp3) is 0.333. The molecule has 1 aromatic heterocycles. The first-order valence-corrected chi connectivity index (χ1v) is 8.31. The zero-order valence-electron chi connectivity index (χ0n) is 14.3.